The number of hydrogen-bond acceptors (Lipinski definition) is 4. The van der Waals surface area contributed by atoms with Crippen LogP contribution in [0.4, 0.5) is 5.69 Å². The number of anilines is 1. The average molecular weight is 407 g/mol. The van der Waals surface area contributed by atoms with Crippen molar-refractivity contribution in [3.05, 3.63) is 29.0 Å². The minimum atomic E-state index is -0.0833. The van der Waals surface area contributed by atoms with Gasteiger partial charge >= 0.3 is 0 Å². The molecule has 2 heterocycles. The standard InChI is InChI=1S/C20H27ClN4OS/c1-3-4-12-27-14(2)20(26)22-15-9-10-17(21)16(13-15)19-24-23-18-8-6-5-7-11-25(18)19/h9-10,13-14H,3-8,11-12H2,1-2H3,(H,22,26). The molecule has 1 aromatic carbocycles. The van der Waals surface area contributed by atoms with Gasteiger partial charge in [0, 0.05) is 24.2 Å². The molecule has 0 saturated carbocycles. The highest BCUT2D eigenvalue weighted by Gasteiger charge is 2.19. The SMILES string of the molecule is CCCCSC(C)C(=O)Nc1ccc(Cl)c(-c2nnc3n2CCCCC3)c1. The van der Waals surface area contributed by atoms with E-state index in [1.54, 1.807) is 11.8 Å². The number of carbonyl (C=O) groups is 1. The number of hydrogen-bond donors (Lipinski definition) is 1. The van der Waals surface area contributed by atoms with Gasteiger partial charge in [0.1, 0.15) is 5.82 Å². The molecule has 0 saturated heterocycles. The Balaban J connectivity index is 1.77. The number of halogens is 1. The molecular formula is C20H27ClN4OS. The van der Waals surface area contributed by atoms with Crippen molar-refractivity contribution in [1.29, 1.82) is 0 Å². The topological polar surface area (TPSA) is 59.8 Å². The maximum Gasteiger partial charge on any atom is 0.237 e. The monoisotopic (exact) mass is 406 g/mol. The minimum Gasteiger partial charge on any atom is -0.325 e. The molecule has 0 spiro atoms. The summed E-state index contributed by atoms with van der Waals surface area (Å²) in [6, 6.07) is 5.57. The van der Waals surface area contributed by atoms with Crippen molar-refractivity contribution < 1.29 is 4.79 Å². The van der Waals surface area contributed by atoms with Crippen LogP contribution < -0.4 is 5.32 Å². The number of carbonyl (C=O) groups excluding carboxylic acids is 1. The van der Waals surface area contributed by atoms with Crippen molar-refractivity contribution in [2.24, 2.45) is 0 Å². The van der Waals surface area contributed by atoms with Crippen molar-refractivity contribution in [3.8, 4) is 11.4 Å². The van der Waals surface area contributed by atoms with Gasteiger partial charge in [-0.3, -0.25) is 4.79 Å². The Morgan fingerprint density at radius 1 is 1.33 bits per heavy atom. The number of amides is 1. The number of aromatic nitrogens is 3. The fraction of sp³-hybridized carbons (Fsp3) is 0.550. The molecular weight excluding hydrogens is 380 g/mol. The van der Waals surface area contributed by atoms with Crippen LogP contribution in [0.5, 0.6) is 0 Å². The predicted molar refractivity (Wildman–Crippen MR) is 113 cm³/mol. The van der Waals surface area contributed by atoms with Gasteiger partial charge in [0.2, 0.25) is 5.91 Å². The van der Waals surface area contributed by atoms with E-state index in [-0.39, 0.29) is 11.2 Å². The van der Waals surface area contributed by atoms with E-state index >= 15 is 0 Å². The number of unbranched alkanes of at least 4 members (excludes halogenated alkanes) is 1. The molecule has 5 nitrogen and oxygen atoms in total. The van der Waals surface area contributed by atoms with E-state index < -0.39 is 0 Å². The van der Waals surface area contributed by atoms with E-state index in [0.717, 1.165) is 67.3 Å². The van der Waals surface area contributed by atoms with Crippen molar-refractivity contribution in [1.82, 2.24) is 14.8 Å². The average Bonchev–Trinajstić information content (AvgIpc) is 2.91. The number of thioether (sulfide) groups is 1. The normalized spacial score (nSPS) is 15.1. The van der Waals surface area contributed by atoms with Crippen LogP contribution in [0.15, 0.2) is 18.2 Å². The lowest BCUT2D eigenvalue weighted by Gasteiger charge is -2.14. The molecule has 0 radical (unpaired) electrons. The van der Waals surface area contributed by atoms with E-state index in [9.17, 15) is 4.79 Å². The van der Waals surface area contributed by atoms with Crippen LogP contribution in [0.25, 0.3) is 11.4 Å². The van der Waals surface area contributed by atoms with Crippen LogP contribution in [0, 0.1) is 0 Å². The molecule has 1 unspecified atom stereocenters. The van der Waals surface area contributed by atoms with Crippen molar-refractivity contribution >= 4 is 35.0 Å². The maximum atomic E-state index is 12.5. The zero-order chi connectivity index (χ0) is 19.2. The Hall–Kier alpha value is -1.53. The Labute approximate surface area is 170 Å². The van der Waals surface area contributed by atoms with E-state index in [1.807, 2.05) is 25.1 Å². The second kappa shape index (κ2) is 9.60. The third-order valence-electron chi connectivity index (χ3n) is 4.82. The van der Waals surface area contributed by atoms with E-state index in [1.165, 1.54) is 6.42 Å². The van der Waals surface area contributed by atoms with E-state index in [4.69, 9.17) is 11.6 Å². The summed E-state index contributed by atoms with van der Waals surface area (Å²) in [5, 5.41) is 12.3. The molecule has 1 aliphatic rings. The molecule has 0 fully saturated rings. The highest BCUT2D eigenvalue weighted by Crippen LogP contribution is 2.31. The number of nitrogens with zero attached hydrogens (tertiary/aromatic N) is 3. The third kappa shape index (κ3) is 5.05. The highest BCUT2D eigenvalue weighted by atomic mass is 35.5. The molecule has 2 aromatic rings. The molecule has 1 N–H and O–H groups in total. The van der Waals surface area contributed by atoms with Gasteiger partial charge in [0.05, 0.1) is 10.3 Å². The Morgan fingerprint density at radius 3 is 3.00 bits per heavy atom. The van der Waals surface area contributed by atoms with Crippen LogP contribution in [-0.2, 0) is 17.8 Å². The van der Waals surface area contributed by atoms with E-state index in [2.05, 4.69) is 27.0 Å². The van der Waals surface area contributed by atoms with Crippen LogP contribution in [0.2, 0.25) is 5.02 Å². The lowest BCUT2D eigenvalue weighted by molar-refractivity contribution is -0.115. The van der Waals surface area contributed by atoms with Gasteiger partial charge in [-0.25, -0.2) is 0 Å². The fourth-order valence-electron chi connectivity index (χ4n) is 3.18. The zero-order valence-corrected chi connectivity index (χ0v) is 17.6. The second-order valence-corrected chi connectivity index (χ2v) is 8.81. The van der Waals surface area contributed by atoms with Crippen molar-refractivity contribution in [2.75, 3.05) is 11.1 Å². The number of aryl methyl sites for hydroxylation is 1. The van der Waals surface area contributed by atoms with Crippen LogP contribution in [0.3, 0.4) is 0 Å². The number of nitrogens with one attached hydrogen (secondary N) is 1. The zero-order valence-electron chi connectivity index (χ0n) is 16.0. The Kier molecular flexibility index (Phi) is 7.19. The summed E-state index contributed by atoms with van der Waals surface area (Å²) in [7, 11) is 0. The van der Waals surface area contributed by atoms with Gasteiger partial charge in [-0.2, -0.15) is 0 Å². The first-order valence-corrected chi connectivity index (χ1v) is 11.2. The molecule has 0 aliphatic carbocycles. The van der Waals surface area contributed by atoms with Gasteiger partial charge in [-0.15, -0.1) is 22.0 Å². The molecule has 1 aromatic heterocycles. The summed E-state index contributed by atoms with van der Waals surface area (Å²) in [5.74, 6) is 2.83. The van der Waals surface area contributed by atoms with Crippen LogP contribution in [-0.4, -0.2) is 31.7 Å². The summed E-state index contributed by atoms with van der Waals surface area (Å²) in [6.45, 7) is 5.02. The van der Waals surface area contributed by atoms with Gasteiger partial charge in [0.15, 0.2) is 5.82 Å². The smallest absolute Gasteiger partial charge is 0.237 e. The molecule has 1 amide bonds. The third-order valence-corrected chi connectivity index (χ3v) is 6.39. The summed E-state index contributed by atoms with van der Waals surface area (Å²) >= 11 is 8.15. The maximum absolute atomic E-state index is 12.5. The molecule has 3 rings (SSSR count). The quantitative estimate of drug-likeness (QED) is 0.643. The van der Waals surface area contributed by atoms with Gasteiger partial charge < -0.3 is 9.88 Å². The first-order chi connectivity index (χ1) is 13.1. The summed E-state index contributed by atoms with van der Waals surface area (Å²) in [6.07, 6.45) is 6.71. The van der Waals surface area contributed by atoms with Crippen LogP contribution in [0.1, 0.15) is 51.8 Å². The highest BCUT2D eigenvalue weighted by molar-refractivity contribution is 8.00. The fourth-order valence-corrected chi connectivity index (χ4v) is 4.40. The van der Waals surface area contributed by atoms with Crippen LogP contribution >= 0.6 is 23.4 Å². The molecule has 1 aliphatic heterocycles. The largest absolute Gasteiger partial charge is 0.325 e. The number of fused-ring (bicyclic) bond motifs is 1. The van der Waals surface area contributed by atoms with Gasteiger partial charge in [-0.1, -0.05) is 31.4 Å². The van der Waals surface area contributed by atoms with Crippen molar-refractivity contribution in [3.63, 3.8) is 0 Å². The minimum absolute atomic E-state index is 0.0180. The first kappa shape index (κ1) is 20.2. The molecule has 1 atom stereocenters. The predicted octanol–water partition coefficient (Wildman–Crippen LogP) is 5.19. The number of benzene rings is 1. The summed E-state index contributed by atoms with van der Waals surface area (Å²) in [5.41, 5.74) is 1.56. The molecule has 146 valence electrons. The van der Waals surface area contributed by atoms with E-state index in [0.29, 0.717) is 5.02 Å². The lowest BCUT2D eigenvalue weighted by atomic mass is 10.1. The number of rotatable bonds is 7. The molecule has 0 bridgehead atoms. The Bertz CT molecular complexity index is 792. The second-order valence-electron chi connectivity index (χ2n) is 6.95. The summed E-state index contributed by atoms with van der Waals surface area (Å²) in [4.78, 5) is 12.5. The molecule has 7 heteroatoms. The Morgan fingerprint density at radius 2 is 2.19 bits per heavy atom. The lowest BCUT2D eigenvalue weighted by Crippen LogP contribution is -2.22. The van der Waals surface area contributed by atoms with Gasteiger partial charge in [-0.05, 0) is 50.1 Å². The molecule has 27 heavy (non-hydrogen) atoms. The van der Waals surface area contributed by atoms with Crippen molar-refractivity contribution in [2.45, 2.75) is 64.2 Å². The first-order valence-electron chi connectivity index (χ1n) is 9.74. The summed E-state index contributed by atoms with van der Waals surface area (Å²) < 4.78 is 2.17. The van der Waals surface area contributed by atoms with Gasteiger partial charge in [0.25, 0.3) is 0 Å².